The van der Waals surface area contributed by atoms with E-state index in [1.165, 1.54) is 0 Å². The van der Waals surface area contributed by atoms with E-state index in [2.05, 4.69) is 15.1 Å². The maximum atomic E-state index is 12.0. The number of H-pyrrole nitrogens is 1. The number of aromatic amines is 1. The standard InChI is InChI=1S/C14H20N4O3/c1-14(2,3)21-13(19)18-8-6-17(7-9-18)11-4-5-12(16-20)15-10-11/h4-5,10H,6-9H2,1-3H3/p+1. The van der Waals surface area contributed by atoms with Crippen LogP contribution >= 0.6 is 0 Å². The van der Waals surface area contributed by atoms with E-state index in [0.717, 1.165) is 18.8 Å². The average Bonchev–Trinajstić information content (AvgIpc) is 2.46. The minimum atomic E-state index is -0.471. The van der Waals surface area contributed by atoms with Crippen molar-refractivity contribution in [2.45, 2.75) is 26.4 Å². The molecule has 2 rings (SSSR count). The van der Waals surface area contributed by atoms with Crippen LogP contribution < -0.4 is 9.88 Å². The molecular formula is C14H21N4O3+. The maximum absolute atomic E-state index is 12.0. The second-order valence-corrected chi connectivity index (χ2v) is 5.98. The van der Waals surface area contributed by atoms with Gasteiger partial charge in [0.15, 0.2) is 0 Å². The van der Waals surface area contributed by atoms with Crippen LogP contribution in [0.2, 0.25) is 0 Å². The predicted molar refractivity (Wildman–Crippen MR) is 78.5 cm³/mol. The molecule has 2 heterocycles. The number of nitrogens with one attached hydrogen (secondary N) is 1. The lowest BCUT2D eigenvalue weighted by atomic mass is 10.2. The Morgan fingerprint density at radius 3 is 2.38 bits per heavy atom. The molecule has 0 bridgehead atoms. The summed E-state index contributed by atoms with van der Waals surface area (Å²) in [6.07, 6.45) is 1.48. The normalized spacial score (nSPS) is 15.8. The van der Waals surface area contributed by atoms with Gasteiger partial charge in [0.1, 0.15) is 11.8 Å². The molecule has 1 saturated heterocycles. The predicted octanol–water partition coefficient (Wildman–Crippen LogP) is 1.96. The molecule has 21 heavy (non-hydrogen) atoms. The van der Waals surface area contributed by atoms with Crippen molar-refractivity contribution < 1.29 is 14.5 Å². The molecular weight excluding hydrogens is 272 g/mol. The van der Waals surface area contributed by atoms with E-state index in [1.54, 1.807) is 17.2 Å². The third kappa shape index (κ3) is 4.14. The Bertz CT molecular complexity index is 502. The van der Waals surface area contributed by atoms with Crippen molar-refractivity contribution in [1.82, 2.24) is 4.90 Å². The number of pyridine rings is 1. The van der Waals surface area contributed by atoms with E-state index >= 15 is 0 Å². The second-order valence-electron chi connectivity index (χ2n) is 5.98. The topological polar surface area (TPSA) is 76.3 Å². The summed E-state index contributed by atoms with van der Waals surface area (Å²) < 4.78 is 5.36. The van der Waals surface area contributed by atoms with Crippen molar-refractivity contribution in [1.29, 1.82) is 0 Å². The van der Waals surface area contributed by atoms with Crippen molar-refractivity contribution in [3.8, 4) is 0 Å². The van der Waals surface area contributed by atoms with E-state index in [-0.39, 0.29) is 6.09 Å². The third-order valence-electron chi connectivity index (χ3n) is 3.17. The molecule has 7 heteroatoms. The Morgan fingerprint density at radius 2 is 1.90 bits per heavy atom. The van der Waals surface area contributed by atoms with Crippen LogP contribution in [0.3, 0.4) is 0 Å². The summed E-state index contributed by atoms with van der Waals surface area (Å²) in [5.41, 5.74) is 0.507. The molecule has 114 valence electrons. The Labute approximate surface area is 123 Å². The second kappa shape index (κ2) is 6.07. The molecule has 1 aromatic rings. The van der Waals surface area contributed by atoms with Crippen LogP contribution in [0, 0.1) is 4.91 Å². The summed E-state index contributed by atoms with van der Waals surface area (Å²) in [6.45, 7) is 8.26. The lowest BCUT2D eigenvalue weighted by Crippen LogP contribution is -2.50. The van der Waals surface area contributed by atoms with Crippen LogP contribution in [-0.2, 0) is 4.74 Å². The highest BCUT2D eigenvalue weighted by molar-refractivity contribution is 5.68. The van der Waals surface area contributed by atoms with Gasteiger partial charge in [0.05, 0.1) is 5.69 Å². The van der Waals surface area contributed by atoms with Crippen molar-refractivity contribution in [3.05, 3.63) is 23.2 Å². The molecule has 7 nitrogen and oxygen atoms in total. The van der Waals surface area contributed by atoms with Crippen molar-refractivity contribution in [2.75, 3.05) is 31.1 Å². The first kappa shape index (κ1) is 15.2. The Morgan fingerprint density at radius 1 is 1.24 bits per heavy atom. The highest BCUT2D eigenvalue weighted by Gasteiger charge is 2.26. The first-order chi connectivity index (χ1) is 9.89. The zero-order valence-electron chi connectivity index (χ0n) is 12.6. The van der Waals surface area contributed by atoms with Crippen LogP contribution in [0.4, 0.5) is 16.3 Å². The van der Waals surface area contributed by atoms with Crippen molar-refractivity contribution in [3.63, 3.8) is 0 Å². The van der Waals surface area contributed by atoms with Gasteiger partial charge in [-0.2, -0.15) is 0 Å². The number of amides is 1. The van der Waals surface area contributed by atoms with Gasteiger partial charge in [0, 0.05) is 32.2 Å². The Kier molecular flexibility index (Phi) is 4.40. The molecule has 0 saturated carbocycles. The van der Waals surface area contributed by atoms with Gasteiger partial charge in [-0.25, -0.2) is 9.78 Å². The number of nitroso groups, excluding NO2 is 1. The molecule has 0 aliphatic carbocycles. The molecule has 1 aliphatic heterocycles. The SMILES string of the molecule is CC(C)(C)OC(=O)N1CCN(c2ccc(N=O)[nH+]c2)CC1. The molecule has 0 radical (unpaired) electrons. The zero-order valence-corrected chi connectivity index (χ0v) is 12.6. The van der Waals surface area contributed by atoms with Gasteiger partial charge in [-0.05, 0) is 31.7 Å². The van der Waals surface area contributed by atoms with Gasteiger partial charge >= 0.3 is 11.9 Å². The molecule has 0 aromatic carbocycles. The van der Waals surface area contributed by atoms with Gasteiger partial charge in [0.2, 0.25) is 5.18 Å². The van der Waals surface area contributed by atoms with E-state index < -0.39 is 5.60 Å². The summed E-state index contributed by atoms with van der Waals surface area (Å²) in [7, 11) is 0. The number of carbonyl (C=O) groups excluding carboxylic acids is 1. The molecule has 0 unspecified atom stereocenters. The fourth-order valence-corrected chi connectivity index (χ4v) is 2.14. The molecule has 1 N–H and O–H groups in total. The van der Waals surface area contributed by atoms with Gasteiger partial charge in [-0.3, -0.25) is 0 Å². The lowest BCUT2D eigenvalue weighted by Gasteiger charge is -2.36. The van der Waals surface area contributed by atoms with E-state index in [1.807, 2.05) is 26.8 Å². The minimum absolute atomic E-state index is 0.269. The molecule has 0 spiro atoms. The van der Waals surface area contributed by atoms with Crippen LogP contribution in [0.1, 0.15) is 20.8 Å². The quantitative estimate of drug-likeness (QED) is 0.781. The number of rotatable bonds is 2. The van der Waals surface area contributed by atoms with Gasteiger partial charge < -0.3 is 14.5 Å². The fraction of sp³-hybridized carbons (Fsp3) is 0.571. The number of anilines is 1. The summed E-state index contributed by atoms with van der Waals surface area (Å²) in [4.78, 5) is 29.0. The first-order valence-corrected chi connectivity index (χ1v) is 6.97. The zero-order chi connectivity index (χ0) is 15.5. The van der Waals surface area contributed by atoms with Gasteiger partial charge in [-0.15, -0.1) is 0 Å². The number of aromatic nitrogens is 1. The van der Waals surface area contributed by atoms with E-state index in [9.17, 15) is 9.70 Å². The number of hydrogen-bond acceptors (Lipinski definition) is 5. The van der Waals surface area contributed by atoms with Gasteiger partial charge in [0.25, 0.3) is 0 Å². The highest BCUT2D eigenvalue weighted by Crippen LogP contribution is 2.17. The number of piperazine rings is 1. The third-order valence-corrected chi connectivity index (χ3v) is 3.17. The molecule has 1 aromatic heterocycles. The summed E-state index contributed by atoms with van der Waals surface area (Å²) in [6, 6.07) is 3.49. The van der Waals surface area contributed by atoms with Gasteiger partial charge in [-0.1, -0.05) is 0 Å². The molecule has 1 amide bonds. The largest absolute Gasteiger partial charge is 0.444 e. The van der Waals surface area contributed by atoms with E-state index in [0.29, 0.717) is 18.9 Å². The number of ether oxygens (including phenoxy) is 1. The number of hydrogen-bond donors (Lipinski definition) is 0. The van der Waals surface area contributed by atoms with E-state index in [4.69, 9.17) is 4.74 Å². The Balaban J connectivity index is 1.90. The summed E-state index contributed by atoms with van der Waals surface area (Å²) >= 11 is 0. The van der Waals surface area contributed by atoms with Crippen LogP contribution in [0.15, 0.2) is 23.5 Å². The fourth-order valence-electron chi connectivity index (χ4n) is 2.14. The van der Waals surface area contributed by atoms with Crippen LogP contribution in [-0.4, -0.2) is 42.8 Å². The van der Waals surface area contributed by atoms with Crippen molar-refractivity contribution in [2.24, 2.45) is 5.18 Å². The first-order valence-electron chi connectivity index (χ1n) is 6.97. The molecule has 0 atom stereocenters. The summed E-state index contributed by atoms with van der Waals surface area (Å²) in [5, 5.41) is 2.83. The maximum Gasteiger partial charge on any atom is 0.410 e. The monoisotopic (exact) mass is 293 g/mol. The minimum Gasteiger partial charge on any atom is -0.444 e. The number of nitrogens with zero attached hydrogens (tertiary/aromatic N) is 3. The lowest BCUT2D eigenvalue weighted by molar-refractivity contribution is -0.362. The summed E-state index contributed by atoms with van der Waals surface area (Å²) in [5.74, 6) is 0.297. The molecule has 1 aliphatic rings. The van der Waals surface area contributed by atoms with Crippen LogP contribution in [0.5, 0.6) is 0 Å². The molecule has 1 fully saturated rings. The van der Waals surface area contributed by atoms with Crippen LogP contribution in [0.25, 0.3) is 0 Å². The highest BCUT2D eigenvalue weighted by atomic mass is 16.6. The smallest absolute Gasteiger partial charge is 0.410 e. The van der Waals surface area contributed by atoms with Crippen molar-refractivity contribution >= 4 is 17.6 Å². The Hall–Kier alpha value is -2.18. The number of carbonyl (C=O) groups is 1. The average molecular weight is 293 g/mol.